The molecular weight excluding hydrogens is 247 g/mol. The lowest BCUT2D eigenvalue weighted by molar-refractivity contribution is -0.146. The molecular formula is C11H14F3N3O. The highest BCUT2D eigenvalue weighted by atomic mass is 19.4. The van der Waals surface area contributed by atoms with E-state index in [0.717, 1.165) is 10.8 Å². The van der Waals surface area contributed by atoms with Crippen molar-refractivity contribution in [2.45, 2.75) is 13.1 Å². The average molecular weight is 261 g/mol. The van der Waals surface area contributed by atoms with Crippen LogP contribution in [0.25, 0.3) is 0 Å². The van der Waals surface area contributed by atoms with E-state index < -0.39 is 17.8 Å². The third-order valence-corrected chi connectivity index (χ3v) is 2.28. The van der Waals surface area contributed by atoms with Crippen LogP contribution in [0.4, 0.5) is 13.2 Å². The number of allylic oxidation sites excluding steroid dienone is 1. The predicted octanol–water partition coefficient (Wildman–Crippen LogP) is 2.09. The Labute approximate surface area is 103 Å². The molecule has 100 valence electrons. The van der Waals surface area contributed by atoms with E-state index in [1.54, 1.807) is 32.1 Å². The summed E-state index contributed by atoms with van der Waals surface area (Å²) in [6.07, 6.45) is -2.08. The molecule has 0 fully saturated rings. The summed E-state index contributed by atoms with van der Waals surface area (Å²) >= 11 is 0. The lowest BCUT2D eigenvalue weighted by Gasteiger charge is -2.09. The Morgan fingerprint density at radius 3 is 2.39 bits per heavy atom. The number of alkyl halides is 3. The van der Waals surface area contributed by atoms with Gasteiger partial charge in [-0.05, 0) is 6.92 Å². The Kier molecular flexibility index (Phi) is 3.83. The van der Waals surface area contributed by atoms with Gasteiger partial charge in [-0.15, -0.1) is 0 Å². The molecule has 18 heavy (non-hydrogen) atoms. The van der Waals surface area contributed by atoms with Crippen LogP contribution in [-0.2, 0) is 13.2 Å². The third kappa shape index (κ3) is 2.91. The van der Waals surface area contributed by atoms with E-state index in [-0.39, 0.29) is 5.69 Å². The van der Waals surface area contributed by atoms with Crippen LogP contribution in [0.15, 0.2) is 18.0 Å². The van der Waals surface area contributed by atoms with Crippen LogP contribution >= 0.6 is 0 Å². The average Bonchev–Trinajstić information content (AvgIpc) is 2.57. The van der Waals surface area contributed by atoms with Gasteiger partial charge < -0.3 is 9.47 Å². The molecule has 1 aromatic rings. The maximum atomic E-state index is 12.5. The quantitative estimate of drug-likeness (QED) is 0.617. The number of hydrogen-bond acceptors (Lipinski definition) is 3. The maximum Gasteiger partial charge on any atom is 0.449 e. The lowest BCUT2D eigenvalue weighted by atomic mass is 10.1. The zero-order chi connectivity index (χ0) is 14.1. The van der Waals surface area contributed by atoms with Crippen molar-refractivity contribution in [3.8, 4) is 0 Å². The monoisotopic (exact) mass is 261 g/mol. The number of aromatic nitrogens is 2. The second-order valence-corrected chi connectivity index (χ2v) is 4.13. The molecule has 1 heterocycles. The van der Waals surface area contributed by atoms with Gasteiger partial charge in [0.15, 0.2) is 0 Å². The molecule has 7 heteroatoms. The second-order valence-electron chi connectivity index (χ2n) is 4.13. The van der Waals surface area contributed by atoms with Gasteiger partial charge in [-0.2, -0.15) is 13.2 Å². The predicted molar refractivity (Wildman–Crippen MR) is 60.0 cm³/mol. The van der Waals surface area contributed by atoms with Crippen molar-refractivity contribution in [2.75, 3.05) is 14.1 Å². The van der Waals surface area contributed by atoms with Gasteiger partial charge in [0, 0.05) is 32.9 Å². The van der Waals surface area contributed by atoms with Crippen molar-refractivity contribution in [2.24, 2.45) is 7.05 Å². The first-order chi connectivity index (χ1) is 8.14. The molecule has 1 aromatic heterocycles. The van der Waals surface area contributed by atoms with Gasteiger partial charge in [0.25, 0.3) is 0 Å². The van der Waals surface area contributed by atoms with E-state index in [4.69, 9.17) is 0 Å². The summed E-state index contributed by atoms with van der Waals surface area (Å²) in [6.45, 7) is 1.54. The summed E-state index contributed by atoms with van der Waals surface area (Å²) in [5, 5.41) is 0. The number of Topliss-reactive ketones (excluding diaryl/α,β-unsaturated/α-hetero) is 1. The molecule has 0 aliphatic heterocycles. The van der Waals surface area contributed by atoms with E-state index in [2.05, 4.69) is 4.98 Å². The zero-order valence-electron chi connectivity index (χ0n) is 10.5. The van der Waals surface area contributed by atoms with Crippen LogP contribution in [-0.4, -0.2) is 34.3 Å². The van der Waals surface area contributed by atoms with E-state index in [0.29, 0.717) is 5.57 Å². The maximum absolute atomic E-state index is 12.5. The van der Waals surface area contributed by atoms with Crippen molar-refractivity contribution in [3.05, 3.63) is 29.5 Å². The molecule has 0 saturated carbocycles. The molecule has 0 aromatic carbocycles. The first kappa shape index (κ1) is 14.3. The first-order valence-corrected chi connectivity index (χ1v) is 5.13. The van der Waals surface area contributed by atoms with Crippen molar-refractivity contribution in [1.29, 1.82) is 0 Å². The number of carbonyl (C=O) groups excluding carboxylic acids is 1. The van der Waals surface area contributed by atoms with Crippen LogP contribution in [0.1, 0.15) is 23.2 Å². The Morgan fingerprint density at radius 2 is 2.00 bits per heavy atom. The summed E-state index contributed by atoms with van der Waals surface area (Å²) < 4.78 is 38.3. The summed E-state index contributed by atoms with van der Waals surface area (Å²) in [5.41, 5.74) is 0.259. The number of carbonyl (C=O) groups is 1. The smallest absolute Gasteiger partial charge is 0.383 e. The number of ketones is 1. The number of hydrogen-bond donors (Lipinski definition) is 0. The molecule has 4 nitrogen and oxygen atoms in total. The molecule has 0 bridgehead atoms. The highest BCUT2D eigenvalue weighted by Gasteiger charge is 2.37. The van der Waals surface area contributed by atoms with Crippen molar-refractivity contribution in [1.82, 2.24) is 14.5 Å². The minimum Gasteiger partial charge on any atom is -0.383 e. The number of halogens is 3. The zero-order valence-corrected chi connectivity index (χ0v) is 10.5. The fourth-order valence-corrected chi connectivity index (χ4v) is 1.53. The van der Waals surface area contributed by atoms with E-state index in [9.17, 15) is 18.0 Å². The summed E-state index contributed by atoms with van der Waals surface area (Å²) in [6, 6.07) is 0. The minimum atomic E-state index is -4.56. The fraction of sp³-hybridized carbons (Fsp3) is 0.455. The minimum absolute atomic E-state index is 0.0853. The van der Waals surface area contributed by atoms with Gasteiger partial charge in [0.2, 0.25) is 11.6 Å². The molecule has 1 rings (SSSR count). The lowest BCUT2D eigenvalue weighted by Crippen LogP contribution is -2.16. The number of imidazole rings is 1. The highest BCUT2D eigenvalue weighted by molar-refractivity contribution is 6.07. The van der Waals surface area contributed by atoms with E-state index >= 15 is 0 Å². The standard InChI is InChI=1S/C11H14F3N3O/c1-7(6-16(2)3)9(18)8-5-15-10(17(8)4)11(12,13)14/h5-6H,1-4H3/b7-6+. The molecule has 0 aliphatic rings. The van der Waals surface area contributed by atoms with Gasteiger partial charge in [0.05, 0.1) is 6.20 Å². The summed E-state index contributed by atoms with van der Waals surface area (Å²) in [4.78, 5) is 16.8. The van der Waals surface area contributed by atoms with E-state index in [1.807, 2.05) is 0 Å². The summed E-state index contributed by atoms with van der Waals surface area (Å²) in [5.74, 6) is -1.56. The van der Waals surface area contributed by atoms with Gasteiger partial charge in [-0.25, -0.2) is 4.98 Å². The molecule has 0 atom stereocenters. The third-order valence-electron chi connectivity index (χ3n) is 2.28. The SMILES string of the molecule is C/C(=C\N(C)C)C(=O)c1cnc(C(F)(F)F)n1C. The summed E-state index contributed by atoms with van der Waals surface area (Å²) in [7, 11) is 4.62. The molecule has 0 unspecified atom stereocenters. The van der Waals surface area contributed by atoms with Gasteiger partial charge >= 0.3 is 6.18 Å². The fourth-order valence-electron chi connectivity index (χ4n) is 1.53. The van der Waals surface area contributed by atoms with Gasteiger partial charge in [-0.3, -0.25) is 4.79 Å². The van der Waals surface area contributed by atoms with E-state index in [1.165, 1.54) is 7.05 Å². The van der Waals surface area contributed by atoms with Crippen molar-refractivity contribution < 1.29 is 18.0 Å². The molecule has 0 saturated heterocycles. The molecule has 0 spiro atoms. The van der Waals surface area contributed by atoms with Gasteiger partial charge in [-0.1, -0.05) is 0 Å². The van der Waals surface area contributed by atoms with Crippen LogP contribution in [0, 0.1) is 0 Å². The number of rotatable bonds is 3. The molecule has 0 amide bonds. The Morgan fingerprint density at radius 1 is 1.44 bits per heavy atom. The van der Waals surface area contributed by atoms with Crippen LogP contribution < -0.4 is 0 Å². The van der Waals surface area contributed by atoms with Crippen LogP contribution in [0.2, 0.25) is 0 Å². The molecule has 0 radical (unpaired) electrons. The van der Waals surface area contributed by atoms with Crippen molar-refractivity contribution >= 4 is 5.78 Å². The first-order valence-electron chi connectivity index (χ1n) is 5.13. The number of nitrogens with zero attached hydrogens (tertiary/aromatic N) is 3. The Balaban J connectivity index is 3.14. The molecule has 0 aliphatic carbocycles. The topological polar surface area (TPSA) is 38.1 Å². The molecule has 0 N–H and O–H groups in total. The normalized spacial score (nSPS) is 12.7. The van der Waals surface area contributed by atoms with Crippen LogP contribution in [0.3, 0.4) is 0 Å². The van der Waals surface area contributed by atoms with Crippen LogP contribution in [0.5, 0.6) is 0 Å². The van der Waals surface area contributed by atoms with Gasteiger partial charge in [0.1, 0.15) is 5.69 Å². The Bertz CT molecular complexity index is 486. The Hall–Kier alpha value is -1.79. The van der Waals surface area contributed by atoms with Crippen molar-refractivity contribution in [3.63, 3.8) is 0 Å². The highest BCUT2D eigenvalue weighted by Crippen LogP contribution is 2.28. The largest absolute Gasteiger partial charge is 0.449 e. The second kappa shape index (κ2) is 4.83.